The van der Waals surface area contributed by atoms with Gasteiger partial charge in [0, 0.05) is 22.2 Å². The third-order valence-corrected chi connectivity index (χ3v) is 5.72. The monoisotopic (exact) mass is 429 g/mol. The summed E-state index contributed by atoms with van der Waals surface area (Å²) >= 11 is 7.68. The minimum Gasteiger partial charge on any atom is -0.325 e. The van der Waals surface area contributed by atoms with Gasteiger partial charge in [0.1, 0.15) is 5.82 Å². The number of benzene rings is 2. The summed E-state index contributed by atoms with van der Waals surface area (Å²) in [4.78, 5) is 16.6. The van der Waals surface area contributed by atoms with Gasteiger partial charge in [0.25, 0.3) is 0 Å². The molecule has 2 aromatic carbocycles. The molecule has 0 spiro atoms. The lowest BCUT2D eigenvalue weighted by molar-refractivity contribution is -0.113. The molecule has 3 N–H and O–H groups in total. The largest absolute Gasteiger partial charge is 0.325 e. The fourth-order valence-electron chi connectivity index (χ4n) is 2.81. The molecule has 0 bridgehead atoms. The number of nitrogens with zero attached hydrogens (tertiary/aromatic N) is 2. The number of amides is 1. The van der Waals surface area contributed by atoms with Crippen LogP contribution in [0.1, 0.15) is 22.5 Å². The summed E-state index contributed by atoms with van der Waals surface area (Å²) < 4.78 is 0. The number of para-hydroxylation sites is 1. The number of thioether (sulfide) groups is 1. The molecule has 0 fully saturated rings. The second-order valence-corrected chi connectivity index (χ2v) is 8.20. The van der Waals surface area contributed by atoms with Crippen molar-refractivity contribution >= 4 is 35.0 Å². The lowest BCUT2D eigenvalue weighted by atomic mass is 10.1. The number of halogens is 1. The van der Waals surface area contributed by atoms with Gasteiger partial charge >= 0.3 is 0 Å². The van der Waals surface area contributed by atoms with Crippen LogP contribution in [0.25, 0.3) is 11.4 Å². The fourth-order valence-corrected chi connectivity index (χ4v) is 3.59. The first-order chi connectivity index (χ1) is 13.9. The van der Waals surface area contributed by atoms with Crippen LogP contribution in [0.5, 0.6) is 0 Å². The maximum absolute atomic E-state index is 12.2. The zero-order chi connectivity index (χ0) is 20.8. The summed E-state index contributed by atoms with van der Waals surface area (Å²) in [5.41, 5.74) is 4.93. The quantitative estimate of drug-likeness (QED) is 0.363. The molecular weight excluding hydrogens is 406 g/mol. The van der Waals surface area contributed by atoms with Gasteiger partial charge in [-0.25, -0.2) is 4.98 Å². The van der Waals surface area contributed by atoms with Gasteiger partial charge in [0.2, 0.25) is 5.91 Å². The van der Waals surface area contributed by atoms with Crippen molar-refractivity contribution in [1.29, 1.82) is 0 Å². The molecule has 3 aromatic rings. The molecule has 29 heavy (non-hydrogen) atoms. The SMILES string of the molecule is Cc1ccc(-c2n[nH]c(CNCSCC(=O)Nc3c(C)cccc3C)n2)cc1Cl. The smallest absolute Gasteiger partial charge is 0.234 e. The molecule has 1 aromatic heterocycles. The molecule has 1 heterocycles. The molecule has 0 unspecified atom stereocenters. The predicted molar refractivity (Wildman–Crippen MR) is 120 cm³/mol. The first-order valence-electron chi connectivity index (χ1n) is 9.26. The Hall–Kier alpha value is -2.35. The van der Waals surface area contributed by atoms with Crippen molar-refractivity contribution in [2.75, 3.05) is 16.9 Å². The molecule has 0 aliphatic heterocycles. The van der Waals surface area contributed by atoms with Gasteiger partial charge in [-0.3, -0.25) is 9.89 Å². The number of aryl methyl sites for hydroxylation is 3. The van der Waals surface area contributed by atoms with Crippen molar-refractivity contribution in [2.24, 2.45) is 0 Å². The van der Waals surface area contributed by atoms with E-state index in [9.17, 15) is 4.79 Å². The number of hydrogen-bond acceptors (Lipinski definition) is 5. The molecule has 0 aliphatic rings. The number of carbonyl (C=O) groups excluding carboxylic acids is 1. The minimum absolute atomic E-state index is 0.00704. The second-order valence-electron chi connectivity index (χ2n) is 6.80. The fraction of sp³-hybridized carbons (Fsp3) is 0.286. The number of aromatic amines is 1. The Morgan fingerprint density at radius 1 is 1.14 bits per heavy atom. The van der Waals surface area contributed by atoms with Crippen LogP contribution in [0, 0.1) is 20.8 Å². The third kappa shape index (κ3) is 5.82. The summed E-state index contributed by atoms with van der Waals surface area (Å²) in [5, 5.41) is 14.1. The van der Waals surface area contributed by atoms with Crippen LogP contribution in [-0.2, 0) is 11.3 Å². The Morgan fingerprint density at radius 3 is 2.62 bits per heavy atom. The average Bonchev–Trinajstić information content (AvgIpc) is 3.16. The highest BCUT2D eigenvalue weighted by Crippen LogP contribution is 2.23. The minimum atomic E-state index is -0.00704. The van der Waals surface area contributed by atoms with E-state index in [1.807, 2.05) is 57.2 Å². The van der Waals surface area contributed by atoms with Crippen LogP contribution in [0.15, 0.2) is 36.4 Å². The summed E-state index contributed by atoms with van der Waals surface area (Å²) in [6.45, 7) is 6.48. The summed E-state index contributed by atoms with van der Waals surface area (Å²) in [7, 11) is 0. The Kier molecular flexibility index (Phi) is 7.30. The highest BCUT2D eigenvalue weighted by molar-refractivity contribution is 7.99. The average molecular weight is 430 g/mol. The molecule has 0 radical (unpaired) electrons. The first-order valence-corrected chi connectivity index (χ1v) is 10.8. The Morgan fingerprint density at radius 2 is 1.90 bits per heavy atom. The molecule has 0 aliphatic carbocycles. The molecule has 6 nitrogen and oxygen atoms in total. The number of H-pyrrole nitrogens is 1. The van der Waals surface area contributed by atoms with E-state index in [0.717, 1.165) is 33.8 Å². The molecule has 0 saturated carbocycles. The van der Waals surface area contributed by atoms with Crippen LogP contribution in [0.4, 0.5) is 5.69 Å². The van der Waals surface area contributed by atoms with Gasteiger partial charge in [0.15, 0.2) is 5.82 Å². The molecule has 8 heteroatoms. The number of aromatic nitrogens is 3. The van der Waals surface area contributed by atoms with Crippen LogP contribution in [-0.4, -0.2) is 32.7 Å². The molecule has 0 atom stereocenters. The van der Waals surface area contributed by atoms with Gasteiger partial charge < -0.3 is 10.6 Å². The zero-order valence-corrected chi connectivity index (χ0v) is 18.2. The molecular formula is C21H24ClN5OS. The van der Waals surface area contributed by atoms with E-state index in [2.05, 4.69) is 25.8 Å². The van der Waals surface area contributed by atoms with E-state index in [1.54, 1.807) is 0 Å². The number of nitrogens with one attached hydrogen (secondary N) is 3. The first kappa shape index (κ1) is 21.4. The highest BCUT2D eigenvalue weighted by Gasteiger charge is 2.09. The Bertz CT molecular complexity index is 984. The van der Waals surface area contributed by atoms with Crippen LogP contribution < -0.4 is 10.6 Å². The van der Waals surface area contributed by atoms with E-state index in [1.165, 1.54) is 11.8 Å². The van der Waals surface area contributed by atoms with Gasteiger partial charge in [0.05, 0.1) is 12.3 Å². The zero-order valence-electron chi connectivity index (χ0n) is 16.7. The third-order valence-electron chi connectivity index (χ3n) is 4.44. The lowest BCUT2D eigenvalue weighted by Gasteiger charge is -2.11. The summed E-state index contributed by atoms with van der Waals surface area (Å²) in [6.07, 6.45) is 0. The normalized spacial score (nSPS) is 10.9. The van der Waals surface area contributed by atoms with Crippen LogP contribution >= 0.6 is 23.4 Å². The van der Waals surface area contributed by atoms with E-state index >= 15 is 0 Å². The highest BCUT2D eigenvalue weighted by atomic mass is 35.5. The van der Waals surface area contributed by atoms with E-state index in [4.69, 9.17) is 11.6 Å². The van der Waals surface area contributed by atoms with Crippen molar-refractivity contribution < 1.29 is 4.79 Å². The van der Waals surface area contributed by atoms with Crippen molar-refractivity contribution in [3.8, 4) is 11.4 Å². The maximum atomic E-state index is 12.2. The second kappa shape index (κ2) is 9.91. The van der Waals surface area contributed by atoms with E-state index < -0.39 is 0 Å². The van der Waals surface area contributed by atoms with Gasteiger partial charge in [-0.1, -0.05) is 41.9 Å². The summed E-state index contributed by atoms with van der Waals surface area (Å²) in [5.74, 6) is 2.35. The van der Waals surface area contributed by atoms with Crippen molar-refractivity contribution in [1.82, 2.24) is 20.5 Å². The lowest BCUT2D eigenvalue weighted by Crippen LogP contribution is -2.19. The Balaban J connectivity index is 1.41. The number of anilines is 1. The van der Waals surface area contributed by atoms with Gasteiger partial charge in [-0.2, -0.15) is 5.10 Å². The molecule has 3 rings (SSSR count). The maximum Gasteiger partial charge on any atom is 0.234 e. The topological polar surface area (TPSA) is 82.7 Å². The number of rotatable bonds is 8. The van der Waals surface area contributed by atoms with Gasteiger partial charge in [-0.15, -0.1) is 11.8 Å². The summed E-state index contributed by atoms with van der Waals surface area (Å²) in [6, 6.07) is 11.7. The standard InChI is InChI=1S/C21H24ClN5OS/c1-13-7-8-16(9-17(13)22)21-24-18(26-27-21)10-23-12-29-11-19(28)25-20-14(2)5-4-6-15(20)3/h4-9,23H,10-12H2,1-3H3,(H,25,28)(H,24,26,27). The van der Waals surface area contributed by atoms with Gasteiger partial charge in [-0.05, 0) is 43.5 Å². The molecule has 152 valence electrons. The number of carbonyl (C=O) groups is 1. The van der Waals surface area contributed by atoms with E-state index in [-0.39, 0.29) is 5.91 Å². The van der Waals surface area contributed by atoms with Crippen LogP contribution in [0.3, 0.4) is 0 Å². The van der Waals surface area contributed by atoms with Crippen molar-refractivity contribution in [2.45, 2.75) is 27.3 Å². The molecule has 1 amide bonds. The molecule has 0 saturated heterocycles. The predicted octanol–water partition coefficient (Wildman–Crippen LogP) is 4.47. The van der Waals surface area contributed by atoms with Crippen molar-refractivity contribution in [3.63, 3.8) is 0 Å². The van der Waals surface area contributed by atoms with Crippen LogP contribution in [0.2, 0.25) is 5.02 Å². The van der Waals surface area contributed by atoms with E-state index in [0.29, 0.717) is 29.0 Å². The van der Waals surface area contributed by atoms with Crippen molar-refractivity contribution in [3.05, 3.63) is 63.9 Å². The number of hydrogen-bond donors (Lipinski definition) is 3. The Labute approximate surface area is 179 Å².